The van der Waals surface area contributed by atoms with Crippen LogP contribution in [0.5, 0.6) is 0 Å². The number of aliphatic hydroxyl groups is 2. The summed E-state index contributed by atoms with van der Waals surface area (Å²) in [5, 5.41) is 21.9. The van der Waals surface area contributed by atoms with Gasteiger partial charge < -0.3 is 27.9 Å². The summed E-state index contributed by atoms with van der Waals surface area (Å²) in [5.41, 5.74) is -2.68. The Morgan fingerprint density at radius 3 is 2.11 bits per heavy atom. The van der Waals surface area contributed by atoms with E-state index < -0.39 is 52.4 Å². The molecule has 35 heavy (non-hydrogen) atoms. The molecule has 0 amide bonds. The molecule has 10 nitrogen and oxygen atoms in total. The van der Waals surface area contributed by atoms with Crippen LogP contribution in [0.3, 0.4) is 0 Å². The first kappa shape index (κ1) is 28.4. The molecule has 0 bridgehead atoms. The molecular formula is C23H42N2O8Si2. The number of nitrogens with one attached hydrogen (secondary N) is 1. The Bertz CT molecular complexity index is 978. The Balaban J connectivity index is 2.20. The van der Waals surface area contributed by atoms with Gasteiger partial charge in [-0.1, -0.05) is 55.4 Å². The van der Waals surface area contributed by atoms with Crippen molar-refractivity contribution in [3.8, 4) is 0 Å². The molecule has 2 aliphatic heterocycles. The van der Waals surface area contributed by atoms with E-state index in [4.69, 9.17) is 17.7 Å². The van der Waals surface area contributed by atoms with Gasteiger partial charge in [0.05, 0.1) is 6.61 Å². The molecule has 2 aliphatic rings. The summed E-state index contributed by atoms with van der Waals surface area (Å²) < 4.78 is 28.3. The molecule has 2 fully saturated rings. The van der Waals surface area contributed by atoms with Crippen LogP contribution >= 0.6 is 0 Å². The Kier molecular flexibility index (Phi) is 8.39. The maximum atomic E-state index is 12.7. The zero-order valence-electron chi connectivity index (χ0n) is 22.1. The molecule has 0 saturated carbocycles. The number of aromatic nitrogens is 2. The summed E-state index contributed by atoms with van der Waals surface area (Å²) in [4.78, 5) is 26.5. The van der Waals surface area contributed by atoms with Gasteiger partial charge in [0.2, 0.25) is 0 Å². The summed E-state index contributed by atoms with van der Waals surface area (Å²) in [6.45, 7) is 16.5. The fourth-order valence-corrected chi connectivity index (χ4v) is 16.9. The molecular weight excluding hydrogens is 488 g/mol. The fourth-order valence-electron chi connectivity index (χ4n) is 5.61. The number of rotatable bonds is 7. The van der Waals surface area contributed by atoms with E-state index in [2.05, 4.69) is 60.4 Å². The molecule has 3 N–H and O–H groups in total. The number of aromatic amines is 1. The average Bonchev–Trinajstić information content (AvgIpc) is 2.98. The standard InChI is InChI=1S/C23H42N2O8Si2/c1-14(2)34(15(3)4)30-13-18-20(32-35(33-34,16(5)6)17(7)8)23(29,10-12-26)21(31-18)25-11-9-19(27)24-22(25)28/h9,11,14-18,20-21,26,29H,10,12-13H2,1-8H3,(H,24,27,28)/t18?,20-,21?,23-/m1/s1. The molecule has 200 valence electrons. The van der Waals surface area contributed by atoms with Gasteiger partial charge in [0.25, 0.3) is 5.56 Å². The maximum Gasteiger partial charge on any atom is 0.335 e. The van der Waals surface area contributed by atoms with Gasteiger partial charge in [-0.3, -0.25) is 14.3 Å². The minimum Gasteiger partial charge on any atom is -0.414 e. The van der Waals surface area contributed by atoms with E-state index in [-0.39, 0.29) is 41.8 Å². The van der Waals surface area contributed by atoms with E-state index in [1.807, 2.05) is 0 Å². The predicted molar refractivity (Wildman–Crippen MR) is 136 cm³/mol. The monoisotopic (exact) mass is 530 g/mol. The number of nitrogens with zero attached hydrogens (tertiary/aromatic N) is 1. The van der Waals surface area contributed by atoms with Gasteiger partial charge in [-0.25, -0.2) is 4.79 Å². The molecule has 0 aromatic carbocycles. The average molecular weight is 531 g/mol. The van der Waals surface area contributed by atoms with Crippen molar-refractivity contribution >= 4 is 17.1 Å². The lowest BCUT2D eigenvalue weighted by Crippen LogP contribution is -2.67. The third-order valence-corrected chi connectivity index (χ3v) is 17.7. The van der Waals surface area contributed by atoms with Crippen LogP contribution in [0.15, 0.2) is 21.9 Å². The number of hydrogen-bond donors (Lipinski definition) is 3. The lowest BCUT2D eigenvalue weighted by atomic mass is 9.90. The van der Waals surface area contributed by atoms with Crippen molar-refractivity contribution in [1.82, 2.24) is 9.55 Å². The molecule has 1 aromatic rings. The quantitative estimate of drug-likeness (QED) is 0.458. The summed E-state index contributed by atoms with van der Waals surface area (Å²) in [7, 11) is -5.88. The van der Waals surface area contributed by atoms with Crippen molar-refractivity contribution in [3.05, 3.63) is 33.1 Å². The highest BCUT2D eigenvalue weighted by atomic mass is 28.5. The van der Waals surface area contributed by atoms with E-state index in [0.29, 0.717) is 0 Å². The number of hydrogen-bond acceptors (Lipinski definition) is 8. The maximum absolute atomic E-state index is 12.7. The third kappa shape index (κ3) is 4.79. The van der Waals surface area contributed by atoms with Gasteiger partial charge in [-0.15, -0.1) is 0 Å². The predicted octanol–water partition coefficient (Wildman–Crippen LogP) is 2.50. The lowest BCUT2D eigenvalue weighted by Gasteiger charge is -2.52. The van der Waals surface area contributed by atoms with Crippen molar-refractivity contribution < 1.29 is 27.9 Å². The van der Waals surface area contributed by atoms with Crippen LogP contribution in [0, 0.1) is 0 Å². The molecule has 0 aliphatic carbocycles. The van der Waals surface area contributed by atoms with Crippen molar-refractivity contribution in [1.29, 1.82) is 0 Å². The van der Waals surface area contributed by atoms with Crippen LogP contribution in [0.4, 0.5) is 0 Å². The number of H-pyrrole nitrogens is 1. The minimum absolute atomic E-state index is 0.0301. The van der Waals surface area contributed by atoms with Gasteiger partial charge in [-0.2, -0.15) is 0 Å². The molecule has 12 heteroatoms. The third-order valence-electron chi connectivity index (χ3n) is 7.50. The van der Waals surface area contributed by atoms with Gasteiger partial charge in [-0.05, 0) is 22.2 Å². The second-order valence-corrected chi connectivity index (χ2v) is 19.9. The Morgan fingerprint density at radius 2 is 1.63 bits per heavy atom. The highest BCUT2D eigenvalue weighted by molar-refractivity contribution is 6.84. The van der Waals surface area contributed by atoms with Crippen molar-refractivity contribution in [2.45, 2.75) is 108 Å². The first-order chi connectivity index (χ1) is 16.2. The summed E-state index contributed by atoms with van der Waals surface area (Å²) >= 11 is 0. The topological polar surface area (TPSA) is 132 Å². The normalized spacial score (nSPS) is 30.6. The van der Waals surface area contributed by atoms with E-state index in [0.717, 1.165) is 4.57 Å². The second kappa shape index (κ2) is 10.3. The van der Waals surface area contributed by atoms with E-state index in [1.54, 1.807) is 0 Å². The highest BCUT2D eigenvalue weighted by Gasteiger charge is 2.65. The molecule has 0 radical (unpaired) electrons. The lowest BCUT2D eigenvalue weighted by molar-refractivity contribution is -0.119. The van der Waals surface area contributed by atoms with Gasteiger partial charge >= 0.3 is 22.8 Å². The van der Waals surface area contributed by atoms with E-state index in [9.17, 15) is 19.8 Å². The molecule has 0 spiro atoms. The first-order valence-corrected chi connectivity index (χ1v) is 16.5. The Hall–Kier alpha value is -1.13. The SMILES string of the molecule is CC(C)[Si]1(C(C)C)OCC2OC(n3ccc(=O)[nH]c3=O)[C@@](O)(CCO)[C@@H]2O[Si](C(C)C)(C(C)C)O1. The van der Waals surface area contributed by atoms with E-state index >= 15 is 0 Å². The van der Waals surface area contributed by atoms with Crippen LogP contribution in [0.1, 0.15) is 68.0 Å². The molecule has 2 unspecified atom stereocenters. The van der Waals surface area contributed by atoms with Gasteiger partial charge in [0, 0.05) is 25.3 Å². The Labute approximate surface area is 209 Å². The van der Waals surface area contributed by atoms with E-state index in [1.165, 1.54) is 12.3 Å². The summed E-state index contributed by atoms with van der Waals surface area (Å²) in [6.07, 6.45) is -1.59. The highest BCUT2D eigenvalue weighted by Crippen LogP contribution is 2.51. The van der Waals surface area contributed by atoms with Crippen LogP contribution < -0.4 is 11.2 Å². The van der Waals surface area contributed by atoms with Gasteiger partial charge in [0.1, 0.15) is 17.8 Å². The van der Waals surface area contributed by atoms with Crippen LogP contribution in [0.2, 0.25) is 22.2 Å². The summed E-state index contributed by atoms with van der Waals surface area (Å²) in [6, 6.07) is 1.20. The zero-order chi connectivity index (χ0) is 26.3. The fraction of sp³-hybridized carbons (Fsp3) is 0.826. The summed E-state index contributed by atoms with van der Waals surface area (Å²) in [5.74, 6) is 0. The second-order valence-electron chi connectivity index (χ2n) is 11.0. The number of ether oxygens (including phenoxy) is 1. The molecule has 2 saturated heterocycles. The first-order valence-electron chi connectivity index (χ1n) is 12.6. The van der Waals surface area contributed by atoms with Crippen LogP contribution in [0.25, 0.3) is 0 Å². The smallest absolute Gasteiger partial charge is 0.335 e. The van der Waals surface area contributed by atoms with Crippen LogP contribution in [-0.4, -0.2) is 67.9 Å². The molecule has 4 atom stereocenters. The molecule has 3 rings (SSSR count). The Morgan fingerprint density at radius 1 is 1.06 bits per heavy atom. The molecule has 3 heterocycles. The van der Waals surface area contributed by atoms with Crippen LogP contribution in [-0.2, 0) is 17.7 Å². The number of aliphatic hydroxyl groups excluding tert-OH is 1. The van der Waals surface area contributed by atoms with Crippen molar-refractivity contribution in [2.24, 2.45) is 0 Å². The zero-order valence-corrected chi connectivity index (χ0v) is 24.1. The molecule has 1 aromatic heterocycles. The number of fused-ring (bicyclic) bond motifs is 1. The minimum atomic E-state index is -3.07. The van der Waals surface area contributed by atoms with Gasteiger partial charge in [0.15, 0.2) is 6.23 Å². The largest absolute Gasteiger partial charge is 0.414 e. The van der Waals surface area contributed by atoms with Crippen molar-refractivity contribution in [3.63, 3.8) is 0 Å². The van der Waals surface area contributed by atoms with Crippen molar-refractivity contribution in [2.75, 3.05) is 13.2 Å².